The monoisotopic (exact) mass is 294 g/mol. The van der Waals surface area contributed by atoms with Gasteiger partial charge in [-0.3, -0.25) is 0 Å². The Morgan fingerprint density at radius 1 is 1.35 bits per heavy atom. The van der Waals surface area contributed by atoms with E-state index in [0.717, 1.165) is 5.56 Å². The maximum absolute atomic E-state index is 11.8. The minimum Gasteiger partial charge on any atom is -0.225 e. The fourth-order valence-corrected chi connectivity index (χ4v) is 3.03. The highest BCUT2D eigenvalue weighted by Gasteiger charge is 2.25. The molecule has 0 aromatic heterocycles. The molecular formula is C15H22N2O2S. The second-order valence-electron chi connectivity index (χ2n) is 6.14. The van der Waals surface area contributed by atoms with E-state index in [0.29, 0.717) is 17.5 Å². The maximum atomic E-state index is 11.8. The second kappa shape index (κ2) is 5.55. The van der Waals surface area contributed by atoms with Crippen molar-refractivity contribution in [1.82, 2.24) is 0 Å². The highest BCUT2D eigenvalue weighted by molar-refractivity contribution is 7.89. The zero-order valence-corrected chi connectivity index (χ0v) is 13.5. The van der Waals surface area contributed by atoms with Crippen molar-refractivity contribution in [3.8, 4) is 6.07 Å². The zero-order chi connectivity index (χ0) is 15.7. The van der Waals surface area contributed by atoms with Gasteiger partial charge in [0.2, 0.25) is 10.0 Å². The number of nitriles is 1. The van der Waals surface area contributed by atoms with Gasteiger partial charge in [0.15, 0.2) is 0 Å². The van der Waals surface area contributed by atoms with Gasteiger partial charge in [0.1, 0.15) is 0 Å². The third-order valence-electron chi connectivity index (χ3n) is 3.81. The molecule has 0 fully saturated rings. The molecule has 0 aliphatic carbocycles. The van der Waals surface area contributed by atoms with Crippen LogP contribution in [-0.4, -0.2) is 8.42 Å². The highest BCUT2D eigenvalue weighted by Crippen LogP contribution is 2.36. The van der Waals surface area contributed by atoms with Gasteiger partial charge in [0.25, 0.3) is 0 Å². The summed E-state index contributed by atoms with van der Waals surface area (Å²) in [5.41, 5.74) is 1.69. The summed E-state index contributed by atoms with van der Waals surface area (Å²) in [5.74, 6) is 0.112. The maximum Gasteiger partial charge on any atom is 0.238 e. The van der Waals surface area contributed by atoms with Crippen molar-refractivity contribution in [2.24, 2.45) is 10.6 Å². The first-order chi connectivity index (χ1) is 9.02. The number of benzene rings is 1. The first-order valence-electron chi connectivity index (χ1n) is 6.62. The van der Waals surface area contributed by atoms with Gasteiger partial charge < -0.3 is 0 Å². The number of rotatable bonds is 3. The zero-order valence-electron chi connectivity index (χ0n) is 12.7. The summed E-state index contributed by atoms with van der Waals surface area (Å²) in [5, 5.41) is 14.6. The molecule has 110 valence electrons. The Morgan fingerprint density at radius 3 is 2.25 bits per heavy atom. The summed E-state index contributed by atoms with van der Waals surface area (Å²) in [6.07, 6.45) is 0.457. The molecule has 0 aliphatic rings. The quantitative estimate of drug-likeness (QED) is 0.930. The van der Waals surface area contributed by atoms with E-state index in [2.05, 4.69) is 26.8 Å². The van der Waals surface area contributed by atoms with Crippen LogP contribution in [0.15, 0.2) is 17.0 Å². The number of nitrogens with zero attached hydrogens (tertiary/aromatic N) is 1. The molecule has 0 spiro atoms. The summed E-state index contributed by atoms with van der Waals surface area (Å²) in [6.45, 7) is 10.1. The van der Waals surface area contributed by atoms with E-state index in [9.17, 15) is 13.7 Å². The number of primary sulfonamides is 1. The van der Waals surface area contributed by atoms with Gasteiger partial charge in [-0.1, -0.05) is 34.6 Å². The van der Waals surface area contributed by atoms with Gasteiger partial charge in [-0.05, 0) is 41.0 Å². The predicted molar refractivity (Wildman–Crippen MR) is 79.8 cm³/mol. The van der Waals surface area contributed by atoms with E-state index in [4.69, 9.17) is 5.14 Å². The Bertz CT molecular complexity index is 650. The molecule has 2 N–H and O–H groups in total. The smallest absolute Gasteiger partial charge is 0.225 e. The lowest BCUT2D eigenvalue weighted by Gasteiger charge is -2.28. The molecule has 1 aromatic carbocycles. The average molecular weight is 294 g/mol. The SMILES string of the molecule is CCc1c(C#N)cc(C(C)C(C)(C)C)cc1S(N)(=O)=O. The summed E-state index contributed by atoms with van der Waals surface area (Å²) >= 11 is 0. The lowest BCUT2D eigenvalue weighted by atomic mass is 9.77. The van der Waals surface area contributed by atoms with Crippen LogP contribution in [0.25, 0.3) is 0 Å². The van der Waals surface area contributed by atoms with Crippen LogP contribution in [0.3, 0.4) is 0 Å². The molecule has 0 radical (unpaired) electrons. The molecule has 0 saturated carbocycles. The Kier molecular flexibility index (Phi) is 4.62. The van der Waals surface area contributed by atoms with Gasteiger partial charge in [-0.2, -0.15) is 5.26 Å². The molecule has 5 heteroatoms. The minimum atomic E-state index is -3.83. The van der Waals surface area contributed by atoms with E-state index in [1.165, 1.54) is 0 Å². The van der Waals surface area contributed by atoms with Crippen LogP contribution in [0.2, 0.25) is 0 Å². The third kappa shape index (κ3) is 3.38. The Labute approximate surface area is 121 Å². The van der Waals surface area contributed by atoms with Gasteiger partial charge in [0, 0.05) is 0 Å². The summed E-state index contributed by atoms with van der Waals surface area (Å²) in [4.78, 5) is 0.0742. The van der Waals surface area contributed by atoms with Crippen LogP contribution in [0.4, 0.5) is 0 Å². The standard InChI is InChI=1S/C15H22N2O2S/c1-6-13-12(9-16)7-11(10(2)15(3,4)5)8-14(13)20(17,18)19/h7-8,10H,6H2,1-5H3,(H2,17,18,19). The third-order valence-corrected chi connectivity index (χ3v) is 4.79. The Balaban J connectivity index is 3.66. The molecule has 0 amide bonds. The lowest BCUT2D eigenvalue weighted by molar-refractivity contribution is 0.339. The average Bonchev–Trinajstić information content (AvgIpc) is 2.33. The number of nitrogens with two attached hydrogens (primary N) is 1. The molecule has 20 heavy (non-hydrogen) atoms. The van der Waals surface area contributed by atoms with Crippen LogP contribution in [0, 0.1) is 16.7 Å². The lowest BCUT2D eigenvalue weighted by Crippen LogP contribution is -2.19. The molecule has 0 saturated heterocycles. The molecular weight excluding hydrogens is 272 g/mol. The van der Waals surface area contributed by atoms with Crippen molar-refractivity contribution >= 4 is 10.0 Å². The molecule has 1 rings (SSSR count). The van der Waals surface area contributed by atoms with Crippen molar-refractivity contribution in [3.05, 3.63) is 28.8 Å². The summed E-state index contributed by atoms with van der Waals surface area (Å²) in [6, 6.07) is 5.48. The van der Waals surface area contributed by atoms with Crippen LogP contribution < -0.4 is 5.14 Å². The van der Waals surface area contributed by atoms with Crippen molar-refractivity contribution < 1.29 is 8.42 Å². The molecule has 0 bridgehead atoms. The molecule has 1 aromatic rings. The fraction of sp³-hybridized carbons (Fsp3) is 0.533. The Morgan fingerprint density at radius 2 is 1.90 bits per heavy atom. The molecule has 4 nitrogen and oxygen atoms in total. The molecule has 1 unspecified atom stereocenters. The minimum absolute atomic E-state index is 0.0317. The van der Waals surface area contributed by atoms with Crippen LogP contribution >= 0.6 is 0 Å². The van der Waals surface area contributed by atoms with Crippen molar-refractivity contribution in [2.45, 2.75) is 51.9 Å². The molecule has 0 aliphatic heterocycles. The Hall–Kier alpha value is -1.38. The number of hydrogen-bond donors (Lipinski definition) is 1. The van der Waals surface area contributed by atoms with Gasteiger partial charge >= 0.3 is 0 Å². The first-order valence-corrected chi connectivity index (χ1v) is 8.16. The number of hydrogen-bond acceptors (Lipinski definition) is 3. The van der Waals surface area contributed by atoms with E-state index in [1.54, 1.807) is 12.1 Å². The predicted octanol–water partition coefficient (Wildman–Crippen LogP) is 2.92. The van der Waals surface area contributed by atoms with Crippen LogP contribution in [-0.2, 0) is 16.4 Å². The van der Waals surface area contributed by atoms with E-state index < -0.39 is 10.0 Å². The highest BCUT2D eigenvalue weighted by atomic mass is 32.2. The number of sulfonamides is 1. The normalized spacial score (nSPS) is 13.8. The van der Waals surface area contributed by atoms with E-state index in [-0.39, 0.29) is 16.2 Å². The fourth-order valence-electron chi connectivity index (χ4n) is 2.13. The molecule has 1 atom stereocenters. The second-order valence-corrected chi connectivity index (χ2v) is 7.67. The van der Waals surface area contributed by atoms with E-state index in [1.807, 2.05) is 13.8 Å². The van der Waals surface area contributed by atoms with Crippen molar-refractivity contribution in [2.75, 3.05) is 0 Å². The molecule has 0 heterocycles. The van der Waals surface area contributed by atoms with Crippen molar-refractivity contribution in [3.63, 3.8) is 0 Å². The first kappa shape index (κ1) is 16.7. The van der Waals surface area contributed by atoms with Crippen LogP contribution in [0.5, 0.6) is 0 Å². The van der Waals surface area contributed by atoms with Gasteiger partial charge in [0.05, 0.1) is 16.5 Å². The van der Waals surface area contributed by atoms with Crippen molar-refractivity contribution in [1.29, 1.82) is 5.26 Å². The topological polar surface area (TPSA) is 83.9 Å². The van der Waals surface area contributed by atoms with E-state index >= 15 is 0 Å². The van der Waals surface area contributed by atoms with Crippen LogP contribution in [0.1, 0.15) is 57.2 Å². The van der Waals surface area contributed by atoms with Gasteiger partial charge in [-0.15, -0.1) is 0 Å². The summed E-state index contributed by atoms with van der Waals surface area (Å²) in [7, 11) is -3.83. The largest absolute Gasteiger partial charge is 0.238 e. The van der Waals surface area contributed by atoms with Gasteiger partial charge in [-0.25, -0.2) is 13.6 Å². The summed E-state index contributed by atoms with van der Waals surface area (Å²) < 4.78 is 23.5.